The molecule has 1 fully saturated rings. The lowest BCUT2D eigenvalue weighted by atomic mass is 9.92. The van der Waals surface area contributed by atoms with E-state index >= 15 is 0 Å². The van der Waals surface area contributed by atoms with Gasteiger partial charge in [0.15, 0.2) is 0 Å². The quantitative estimate of drug-likeness (QED) is 0.701. The summed E-state index contributed by atoms with van der Waals surface area (Å²) in [6.45, 7) is 5.98. The highest BCUT2D eigenvalue weighted by Gasteiger charge is 2.16. The second-order valence-electron chi connectivity index (χ2n) is 5.75. The third-order valence-electron chi connectivity index (χ3n) is 3.64. The summed E-state index contributed by atoms with van der Waals surface area (Å²) in [5, 5.41) is 12.8. The third kappa shape index (κ3) is 5.86. The monoisotopic (exact) mass is 227 g/mol. The molecule has 0 aromatic rings. The van der Waals surface area contributed by atoms with E-state index in [1.807, 2.05) is 0 Å². The fourth-order valence-corrected chi connectivity index (χ4v) is 2.79. The fourth-order valence-electron chi connectivity index (χ4n) is 2.79. The maximum atomic E-state index is 9.06. The van der Waals surface area contributed by atoms with Gasteiger partial charge in [0, 0.05) is 12.6 Å². The molecule has 0 bridgehead atoms. The van der Waals surface area contributed by atoms with E-state index in [1.165, 1.54) is 38.5 Å². The molecule has 0 aromatic heterocycles. The van der Waals surface area contributed by atoms with Gasteiger partial charge in [-0.3, -0.25) is 0 Å². The predicted molar refractivity (Wildman–Crippen MR) is 69.5 cm³/mol. The molecule has 0 aromatic carbocycles. The molecule has 0 aliphatic heterocycles. The van der Waals surface area contributed by atoms with Crippen LogP contribution >= 0.6 is 0 Å². The van der Waals surface area contributed by atoms with E-state index in [2.05, 4.69) is 19.2 Å². The van der Waals surface area contributed by atoms with Crippen molar-refractivity contribution >= 4 is 0 Å². The van der Waals surface area contributed by atoms with Crippen LogP contribution in [0.25, 0.3) is 0 Å². The summed E-state index contributed by atoms with van der Waals surface area (Å²) in [7, 11) is 0. The first-order chi connectivity index (χ1) is 7.72. The van der Waals surface area contributed by atoms with Gasteiger partial charge in [-0.1, -0.05) is 33.1 Å². The number of aliphatic hydroxyl groups excluding tert-OH is 1. The van der Waals surface area contributed by atoms with E-state index in [0.29, 0.717) is 12.5 Å². The van der Waals surface area contributed by atoms with Gasteiger partial charge >= 0.3 is 0 Å². The summed E-state index contributed by atoms with van der Waals surface area (Å²) in [6, 6.07) is 0.752. The summed E-state index contributed by atoms with van der Waals surface area (Å²) in [5.74, 6) is 1.40. The maximum absolute atomic E-state index is 9.06. The number of nitrogens with one attached hydrogen (secondary N) is 1. The van der Waals surface area contributed by atoms with Crippen LogP contribution in [0.5, 0.6) is 0 Å². The lowest BCUT2D eigenvalue weighted by molar-refractivity contribution is 0.231. The predicted octanol–water partition coefficient (Wildman–Crippen LogP) is 2.95. The standard InChI is InChI=1S/C14H29NO/c1-12(2)10-13(8-9-16)11-15-14-6-4-3-5-7-14/h12-16H,3-11H2,1-2H3. The molecule has 0 spiro atoms. The van der Waals surface area contributed by atoms with E-state index in [4.69, 9.17) is 5.11 Å². The van der Waals surface area contributed by atoms with Gasteiger partial charge in [0.05, 0.1) is 0 Å². The molecular weight excluding hydrogens is 198 g/mol. The number of rotatable bonds is 7. The van der Waals surface area contributed by atoms with Crippen molar-refractivity contribution in [2.75, 3.05) is 13.2 Å². The smallest absolute Gasteiger partial charge is 0.0434 e. The van der Waals surface area contributed by atoms with Crippen LogP contribution in [-0.4, -0.2) is 24.3 Å². The van der Waals surface area contributed by atoms with Crippen LogP contribution in [0.2, 0.25) is 0 Å². The molecule has 2 N–H and O–H groups in total. The van der Waals surface area contributed by atoms with Crippen LogP contribution < -0.4 is 5.32 Å². The van der Waals surface area contributed by atoms with Crippen molar-refractivity contribution in [3.63, 3.8) is 0 Å². The molecule has 1 aliphatic carbocycles. The zero-order valence-electron chi connectivity index (χ0n) is 11.0. The Balaban J connectivity index is 2.19. The summed E-state index contributed by atoms with van der Waals surface area (Å²) >= 11 is 0. The van der Waals surface area contributed by atoms with Crippen molar-refractivity contribution in [1.29, 1.82) is 0 Å². The summed E-state index contributed by atoms with van der Waals surface area (Å²) in [5.41, 5.74) is 0. The Kier molecular flexibility index (Phi) is 7.06. The van der Waals surface area contributed by atoms with Crippen LogP contribution in [0.4, 0.5) is 0 Å². The van der Waals surface area contributed by atoms with Crippen molar-refractivity contribution in [1.82, 2.24) is 5.32 Å². The SMILES string of the molecule is CC(C)CC(CCO)CNC1CCCCC1. The first kappa shape index (κ1) is 14.0. The van der Waals surface area contributed by atoms with E-state index in [-0.39, 0.29) is 0 Å². The molecule has 16 heavy (non-hydrogen) atoms. The minimum atomic E-state index is 0.337. The minimum absolute atomic E-state index is 0.337. The molecule has 0 saturated heterocycles. The highest BCUT2D eigenvalue weighted by Crippen LogP contribution is 2.19. The highest BCUT2D eigenvalue weighted by atomic mass is 16.3. The Morgan fingerprint density at radius 1 is 1.19 bits per heavy atom. The van der Waals surface area contributed by atoms with Crippen LogP contribution in [0.3, 0.4) is 0 Å². The van der Waals surface area contributed by atoms with E-state index in [0.717, 1.165) is 24.9 Å². The Labute approximate surface area is 101 Å². The average Bonchev–Trinajstić information content (AvgIpc) is 2.27. The Hall–Kier alpha value is -0.0800. The normalized spacial score (nSPS) is 20.2. The van der Waals surface area contributed by atoms with Crippen LogP contribution in [0, 0.1) is 11.8 Å². The molecule has 1 atom stereocenters. The van der Waals surface area contributed by atoms with E-state index in [1.54, 1.807) is 0 Å². The van der Waals surface area contributed by atoms with E-state index < -0.39 is 0 Å². The molecule has 1 aliphatic rings. The largest absolute Gasteiger partial charge is 0.396 e. The summed E-state index contributed by atoms with van der Waals surface area (Å²) in [6.07, 6.45) is 9.11. The first-order valence-electron chi connectivity index (χ1n) is 7.06. The first-order valence-corrected chi connectivity index (χ1v) is 7.06. The molecule has 1 rings (SSSR count). The van der Waals surface area contributed by atoms with Crippen molar-refractivity contribution in [2.24, 2.45) is 11.8 Å². The fraction of sp³-hybridized carbons (Fsp3) is 1.00. The Morgan fingerprint density at radius 3 is 2.44 bits per heavy atom. The molecular formula is C14H29NO. The maximum Gasteiger partial charge on any atom is 0.0434 e. The lowest BCUT2D eigenvalue weighted by Gasteiger charge is -2.26. The summed E-state index contributed by atoms with van der Waals surface area (Å²) < 4.78 is 0. The van der Waals surface area contributed by atoms with Gasteiger partial charge in [0.1, 0.15) is 0 Å². The van der Waals surface area contributed by atoms with Gasteiger partial charge < -0.3 is 10.4 Å². The average molecular weight is 227 g/mol. The van der Waals surface area contributed by atoms with Crippen LogP contribution in [0.15, 0.2) is 0 Å². The van der Waals surface area contributed by atoms with Crippen LogP contribution in [0.1, 0.15) is 58.8 Å². The van der Waals surface area contributed by atoms with Crippen molar-refractivity contribution in [3.05, 3.63) is 0 Å². The lowest BCUT2D eigenvalue weighted by Crippen LogP contribution is -2.35. The van der Waals surface area contributed by atoms with Crippen molar-refractivity contribution < 1.29 is 5.11 Å². The minimum Gasteiger partial charge on any atom is -0.396 e. The third-order valence-corrected chi connectivity index (χ3v) is 3.64. The molecule has 2 nitrogen and oxygen atoms in total. The van der Waals surface area contributed by atoms with Crippen molar-refractivity contribution in [3.8, 4) is 0 Å². The Morgan fingerprint density at radius 2 is 1.88 bits per heavy atom. The molecule has 96 valence electrons. The number of aliphatic hydroxyl groups is 1. The highest BCUT2D eigenvalue weighted by molar-refractivity contribution is 4.74. The molecule has 0 heterocycles. The van der Waals surface area contributed by atoms with Gasteiger partial charge in [-0.2, -0.15) is 0 Å². The van der Waals surface area contributed by atoms with Gasteiger partial charge in [0.25, 0.3) is 0 Å². The second kappa shape index (κ2) is 8.08. The van der Waals surface area contributed by atoms with Crippen molar-refractivity contribution in [2.45, 2.75) is 64.8 Å². The molecule has 0 amide bonds. The summed E-state index contributed by atoms with van der Waals surface area (Å²) in [4.78, 5) is 0. The molecule has 1 saturated carbocycles. The zero-order chi connectivity index (χ0) is 11.8. The number of hydrogen-bond donors (Lipinski definition) is 2. The van der Waals surface area contributed by atoms with Gasteiger partial charge in [-0.15, -0.1) is 0 Å². The van der Waals surface area contributed by atoms with Gasteiger partial charge in [0.2, 0.25) is 0 Å². The zero-order valence-corrected chi connectivity index (χ0v) is 11.0. The van der Waals surface area contributed by atoms with Gasteiger partial charge in [-0.25, -0.2) is 0 Å². The molecule has 0 radical (unpaired) electrons. The van der Waals surface area contributed by atoms with E-state index in [9.17, 15) is 0 Å². The number of hydrogen-bond acceptors (Lipinski definition) is 2. The topological polar surface area (TPSA) is 32.3 Å². The second-order valence-corrected chi connectivity index (χ2v) is 5.75. The molecule has 1 unspecified atom stereocenters. The van der Waals surface area contributed by atoms with Crippen LogP contribution in [-0.2, 0) is 0 Å². The molecule has 2 heteroatoms. The van der Waals surface area contributed by atoms with Gasteiger partial charge in [-0.05, 0) is 44.1 Å². The Bertz CT molecular complexity index is 164.